The van der Waals surface area contributed by atoms with Crippen LogP contribution in [0.3, 0.4) is 0 Å². The first-order chi connectivity index (χ1) is 8.95. The molecule has 0 unspecified atom stereocenters. The summed E-state index contributed by atoms with van der Waals surface area (Å²) in [5.74, 6) is 0.504. The molecule has 1 aromatic rings. The second-order valence-corrected chi connectivity index (χ2v) is 7.37. The Bertz CT molecular complexity index is 423. The minimum Gasteiger partial charge on any atom is -0.343 e. The lowest BCUT2D eigenvalue weighted by atomic mass is 10.0. The Hall–Kier alpha value is -0.610. The number of nitrogens with one attached hydrogen (secondary N) is 1. The van der Waals surface area contributed by atoms with Gasteiger partial charge >= 0.3 is 0 Å². The van der Waals surface area contributed by atoms with Crippen molar-refractivity contribution in [2.75, 3.05) is 18.0 Å². The average Bonchev–Trinajstić information content (AvgIpc) is 2.89. The van der Waals surface area contributed by atoms with Crippen molar-refractivity contribution in [1.82, 2.24) is 10.3 Å². The molecule has 1 N–H and O–H groups in total. The Morgan fingerprint density at radius 3 is 2.68 bits per heavy atom. The lowest BCUT2D eigenvalue weighted by Gasteiger charge is -2.31. The summed E-state index contributed by atoms with van der Waals surface area (Å²) in [5.41, 5.74) is 1.55. The average molecular weight is 281 g/mol. The number of hydrogen-bond acceptors (Lipinski definition) is 4. The highest BCUT2D eigenvalue weighted by Crippen LogP contribution is 2.38. The van der Waals surface area contributed by atoms with Gasteiger partial charge in [0.25, 0.3) is 0 Å². The van der Waals surface area contributed by atoms with Gasteiger partial charge in [-0.15, -0.1) is 11.3 Å². The van der Waals surface area contributed by atoms with E-state index in [9.17, 15) is 0 Å². The summed E-state index contributed by atoms with van der Waals surface area (Å²) in [7, 11) is 0. The van der Waals surface area contributed by atoms with E-state index in [1.54, 1.807) is 0 Å². The maximum absolute atomic E-state index is 4.94. The van der Waals surface area contributed by atoms with Crippen molar-refractivity contribution < 1.29 is 0 Å². The molecule has 0 aliphatic carbocycles. The first-order valence-electron chi connectivity index (χ1n) is 7.43. The van der Waals surface area contributed by atoms with E-state index in [4.69, 9.17) is 4.98 Å². The highest BCUT2D eigenvalue weighted by molar-refractivity contribution is 7.15. The van der Waals surface area contributed by atoms with Gasteiger partial charge in [-0.25, -0.2) is 4.98 Å². The van der Waals surface area contributed by atoms with Gasteiger partial charge in [0.1, 0.15) is 0 Å². The van der Waals surface area contributed by atoms with Crippen LogP contribution < -0.4 is 10.2 Å². The minimum absolute atomic E-state index is 0.265. The third-order valence-electron chi connectivity index (χ3n) is 3.93. The number of anilines is 1. The Kier molecular flexibility index (Phi) is 4.51. The molecule has 0 atom stereocenters. The molecule has 1 saturated heterocycles. The van der Waals surface area contributed by atoms with Crippen LogP contribution in [-0.4, -0.2) is 23.6 Å². The lowest BCUT2D eigenvalue weighted by molar-refractivity contribution is 0.516. The van der Waals surface area contributed by atoms with E-state index in [2.05, 4.69) is 44.8 Å². The number of hydrogen-bond donors (Lipinski definition) is 1. The third kappa shape index (κ3) is 3.11. The summed E-state index contributed by atoms with van der Waals surface area (Å²) >= 11 is 1.88. The lowest BCUT2D eigenvalue weighted by Crippen LogP contribution is -2.38. The fourth-order valence-electron chi connectivity index (χ4n) is 2.74. The van der Waals surface area contributed by atoms with E-state index in [0.29, 0.717) is 5.92 Å². The molecule has 108 valence electrons. The molecule has 1 fully saturated rings. The second-order valence-electron chi connectivity index (χ2n) is 6.31. The quantitative estimate of drug-likeness (QED) is 0.891. The molecule has 0 amide bonds. The van der Waals surface area contributed by atoms with Gasteiger partial charge in [-0.2, -0.15) is 0 Å². The largest absolute Gasteiger partial charge is 0.343 e. The van der Waals surface area contributed by atoms with Gasteiger partial charge in [-0.05, 0) is 39.2 Å². The van der Waals surface area contributed by atoms with Crippen LogP contribution in [0.15, 0.2) is 0 Å². The first-order valence-corrected chi connectivity index (χ1v) is 8.25. The van der Waals surface area contributed by atoms with E-state index >= 15 is 0 Å². The van der Waals surface area contributed by atoms with Crippen molar-refractivity contribution in [3.05, 3.63) is 10.6 Å². The minimum atomic E-state index is 0.265. The maximum atomic E-state index is 4.94. The zero-order chi connectivity index (χ0) is 14.0. The highest BCUT2D eigenvalue weighted by Gasteiger charge is 2.34. The van der Waals surface area contributed by atoms with Crippen molar-refractivity contribution in [1.29, 1.82) is 0 Å². The number of thiazole rings is 1. The summed E-state index contributed by atoms with van der Waals surface area (Å²) in [6.07, 6.45) is 2.55. The smallest absolute Gasteiger partial charge is 0.186 e. The molecule has 2 heterocycles. The van der Waals surface area contributed by atoms with Crippen molar-refractivity contribution in [2.45, 2.75) is 65.5 Å². The van der Waals surface area contributed by atoms with Gasteiger partial charge in [0.15, 0.2) is 5.13 Å². The van der Waals surface area contributed by atoms with Crippen LogP contribution in [0.2, 0.25) is 0 Å². The summed E-state index contributed by atoms with van der Waals surface area (Å²) in [5, 5.41) is 4.66. The van der Waals surface area contributed by atoms with E-state index < -0.39 is 0 Å². The van der Waals surface area contributed by atoms with Crippen LogP contribution in [0, 0.1) is 0 Å². The first kappa shape index (κ1) is 14.8. The standard InChI is InChI=1S/C15H27N3S/c1-6-16-10-12-13(11(2)3)17-14(19-12)18-9-7-8-15(18,4)5/h11,16H,6-10H2,1-5H3. The van der Waals surface area contributed by atoms with E-state index in [1.807, 2.05) is 11.3 Å². The SMILES string of the molecule is CCNCc1sc(N2CCCC2(C)C)nc1C(C)C. The van der Waals surface area contributed by atoms with E-state index in [-0.39, 0.29) is 5.54 Å². The third-order valence-corrected chi connectivity index (χ3v) is 5.02. The molecule has 19 heavy (non-hydrogen) atoms. The van der Waals surface area contributed by atoms with Gasteiger partial charge < -0.3 is 10.2 Å². The molecule has 1 aliphatic rings. The zero-order valence-electron chi connectivity index (χ0n) is 12.9. The van der Waals surface area contributed by atoms with Gasteiger partial charge in [-0.3, -0.25) is 0 Å². The maximum Gasteiger partial charge on any atom is 0.186 e. The molecule has 0 spiro atoms. The van der Waals surface area contributed by atoms with Crippen LogP contribution in [0.25, 0.3) is 0 Å². The molecule has 2 rings (SSSR count). The number of aromatic nitrogens is 1. The molecule has 3 nitrogen and oxygen atoms in total. The van der Waals surface area contributed by atoms with Crippen molar-refractivity contribution >= 4 is 16.5 Å². The van der Waals surface area contributed by atoms with Gasteiger partial charge in [0.05, 0.1) is 5.69 Å². The van der Waals surface area contributed by atoms with Crippen molar-refractivity contribution in [3.8, 4) is 0 Å². The zero-order valence-corrected chi connectivity index (χ0v) is 13.7. The molecular formula is C15H27N3S. The van der Waals surface area contributed by atoms with Gasteiger partial charge in [-0.1, -0.05) is 20.8 Å². The van der Waals surface area contributed by atoms with Crippen LogP contribution in [-0.2, 0) is 6.54 Å². The predicted molar refractivity (Wildman–Crippen MR) is 84.2 cm³/mol. The fraction of sp³-hybridized carbons (Fsp3) is 0.800. The Morgan fingerprint density at radius 1 is 1.42 bits per heavy atom. The topological polar surface area (TPSA) is 28.2 Å². The summed E-state index contributed by atoms with van der Waals surface area (Å²) in [4.78, 5) is 8.86. The molecule has 4 heteroatoms. The van der Waals surface area contributed by atoms with Gasteiger partial charge in [0.2, 0.25) is 0 Å². The van der Waals surface area contributed by atoms with Crippen LogP contribution in [0.4, 0.5) is 5.13 Å². The number of rotatable bonds is 5. The van der Waals surface area contributed by atoms with Crippen molar-refractivity contribution in [2.24, 2.45) is 0 Å². The molecular weight excluding hydrogens is 254 g/mol. The molecule has 0 saturated carbocycles. The Morgan fingerprint density at radius 2 is 2.16 bits per heavy atom. The van der Waals surface area contributed by atoms with Crippen LogP contribution in [0.1, 0.15) is 63.9 Å². The molecule has 0 aromatic carbocycles. The molecule has 1 aromatic heterocycles. The highest BCUT2D eigenvalue weighted by atomic mass is 32.1. The predicted octanol–water partition coefficient (Wildman–Crippen LogP) is 3.75. The summed E-state index contributed by atoms with van der Waals surface area (Å²) in [6, 6.07) is 0. The molecule has 0 bridgehead atoms. The van der Waals surface area contributed by atoms with Crippen LogP contribution in [0.5, 0.6) is 0 Å². The molecule has 1 aliphatic heterocycles. The second kappa shape index (κ2) is 5.80. The molecule has 0 radical (unpaired) electrons. The van der Waals surface area contributed by atoms with Crippen LogP contribution >= 0.6 is 11.3 Å². The summed E-state index contributed by atoms with van der Waals surface area (Å²) in [6.45, 7) is 14.4. The van der Waals surface area contributed by atoms with E-state index in [1.165, 1.54) is 28.5 Å². The Balaban J connectivity index is 2.26. The fourth-order valence-corrected chi connectivity index (χ4v) is 4.12. The van der Waals surface area contributed by atoms with Gasteiger partial charge in [0, 0.05) is 23.5 Å². The number of nitrogens with zero attached hydrogens (tertiary/aromatic N) is 2. The van der Waals surface area contributed by atoms with E-state index in [0.717, 1.165) is 19.6 Å². The monoisotopic (exact) mass is 281 g/mol. The van der Waals surface area contributed by atoms with Crippen molar-refractivity contribution in [3.63, 3.8) is 0 Å². The normalized spacial score (nSPS) is 18.5. The summed E-state index contributed by atoms with van der Waals surface area (Å²) < 4.78 is 0. The Labute approximate surface area is 121 Å².